The van der Waals surface area contributed by atoms with E-state index < -0.39 is 9.84 Å². The minimum Gasteiger partial charge on any atom is -0.326 e. The van der Waals surface area contributed by atoms with Gasteiger partial charge in [0.2, 0.25) is 5.91 Å². The second-order valence-electron chi connectivity index (χ2n) is 4.70. The number of nitrogens with one attached hydrogen (secondary N) is 1. The molecule has 0 aromatic heterocycles. The van der Waals surface area contributed by atoms with Crippen molar-refractivity contribution in [3.63, 3.8) is 0 Å². The number of anilines is 1. The van der Waals surface area contributed by atoms with Crippen LogP contribution in [0.1, 0.15) is 12.5 Å². The first kappa shape index (κ1) is 16.8. The van der Waals surface area contributed by atoms with Crippen molar-refractivity contribution in [2.24, 2.45) is 0 Å². The lowest BCUT2D eigenvalue weighted by Gasteiger charge is -2.08. The zero-order valence-electron chi connectivity index (χ0n) is 11.6. The number of sulfone groups is 1. The Morgan fingerprint density at radius 3 is 2.27 bits per heavy atom. The van der Waals surface area contributed by atoms with Crippen LogP contribution in [-0.4, -0.2) is 14.3 Å². The predicted octanol–water partition coefficient (Wildman–Crippen LogP) is 3.93. The lowest BCUT2D eigenvalue weighted by molar-refractivity contribution is -0.114. The Hall–Kier alpha value is -1.56. The SMILES string of the molecule is CC(=O)Nc1ccc(S(=O)(=O)Cc2ccc(Cl)cc2Cl)cc1. The molecule has 7 heteroatoms. The van der Waals surface area contributed by atoms with Gasteiger partial charge in [-0.15, -0.1) is 0 Å². The number of carbonyl (C=O) groups is 1. The molecule has 1 N–H and O–H groups in total. The topological polar surface area (TPSA) is 63.2 Å². The molecule has 22 heavy (non-hydrogen) atoms. The molecule has 0 saturated carbocycles. The van der Waals surface area contributed by atoms with E-state index in [9.17, 15) is 13.2 Å². The van der Waals surface area contributed by atoms with Crippen LogP contribution in [0, 0.1) is 0 Å². The molecule has 0 unspecified atom stereocenters. The summed E-state index contributed by atoms with van der Waals surface area (Å²) in [6.45, 7) is 1.38. The van der Waals surface area contributed by atoms with Crippen LogP contribution in [0.4, 0.5) is 5.69 Å². The van der Waals surface area contributed by atoms with E-state index in [-0.39, 0.29) is 16.6 Å². The highest BCUT2D eigenvalue weighted by Crippen LogP contribution is 2.25. The molecule has 0 aliphatic carbocycles. The van der Waals surface area contributed by atoms with E-state index >= 15 is 0 Å². The Morgan fingerprint density at radius 1 is 1.09 bits per heavy atom. The lowest BCUT2D eigenvalue weighted by Crippen LogP contribution is -2.07. The quantitative estimate of drug-likeness (QED) is 0.901. The number of benzene rings is 2. The van der Waals surface area contributed by atoms with Crippen LogP contribution in [0.15, 0.2) is 47.4 Å². The Balaban J connectivity index is 2.24. The van der Waals surface area contributed by atoms with Gasteiger partial charge >= 0.3 is 0 Å². The van der Waals surface area contributed by atoms with Crippen molar-refractivity contribution >= 4 is 44.6 Å². The van der Waals surface area contributed by atoms with Crippen molar-refractivity contribution in [3.8, 4) is 0 Å². The fourth-order valence-corrected chi connectivity index (χ4v) is 3.81. The van der Waals surface area contributed by atoms with E-state index in [2.05, 4.69) is 5.32 Å². The van der Waals surface area contributed by atoms with Crippen LogP contribution in [0.5, 0.6) is 0 Å². The molecule has 4 nitrogen and oxygen atoms in total. The fraction of sp³-hybridized carbons (Fsp3) is 0.133. The molecule has 0 heterocycles. The highest BCUT2D eigenvalue weighted by Gasteiger charge is 2.17. The summed E-state index contributed by atoms with van der Waals surface area (Å²) in [6.07, 6.45) is 0. The molecule has 2 rings (SSSR count). The average molecular weight is 358 g/mol. The molecule has 0 spiro atoms. The largest absolute Gasteiger partial charge is 0.326 e. The van der Waals surface area contributed by atoms with Gasteiger partial charge < -0.3 is 5.32 Å². The summed E-state index contributed by atoms with van der Waals surface area (Å²) in [6, 6.07) is 10.7. The lowest BCUT2D eigenvalue weighted by atomic mass is 10.2. The van der Waals surface area contributed by atoms with E-state index in [0.717, 1.165) is 0 Å². The summed E-state index contributed by atoms with van der Waals surface area (Å²) in [5.74, 6) is -0.439. The molecule has 2 aromatic rings. The number of halogens is 2. The minimum atomic E-state index is -3.53. The van der Waals surface area contributed by atoms with Gasteiger partial charge in [-0.2, -0.15) is 0 Å². The Bertz CT molecular complexity index is 802. The highest BCUT2D eigenvalue weighted by atomic mass is 35.5. The second kappa shape index (κ2) is 6.69. The molecule has 0 bridgehead atoms. The number of rotatable bonds is 4. The molecule has 0 saturated heterocycles. The van der Waals surface area contributed by atoms with Crippen LogP contribution in [0.25, 0.3) is 0 Å². The molecule has 0 aliphatic rings. The van der Waals surface area contributed by atoms with Gasteiger partial charge in [0.25, 0.3) is 0 Å². The van der Waals surface area contributed by atoms with E-state index in [0.29, 0.717) is 21.3 Å². The molecule has 0 radical (unpaired) electrons. The minimum absolute atomic E-state index is 0.160. The van der Waals surface area contributed by atoms with Gasteiger partial charge in [-0.25, -0.2) is 8.42 Å². The van der Waals surface area contributed by atoms with E-state index in [1.807, 2.05) is 0 Å². The first-order chi connectivity index (χ1) is 10.3. The Morgan fingerprint density at radius 2 is 1.73 bits per heavy atom. The number of amides is 1. The molecule has 0 atom stereocenters. The third-order valence-corrected chi connectivity index (χ3v) is 5.16. The third kappa shape index (κ3) is 4.22. The molecule has 2 aromatic carbocycles. The maximum absolute atomic E-state index is 12.4. The van der Waals surface area contributed by atoms with E-state index in [4.69, 9.17) is 23.2 Å². The third-order valence-electron chi connectivity index (χ3n) is 2.89. The van der Waals surface area contributed by atoms with Crippen LogP contribution < -0.4 is 5.32 Å². The number of hydrogen-bond donors (Lipinski definition) is 1. The van der Waals surface area contributed by atoms with Crippen LogP contribution >= 0.6 is 23.2 Å². The monoisotopic (exact) mass is 357 g/mol. The van der Waals surface area contributed by atoms with Gasteiger partial charge in [0.15, 0.2) is 9.84 Å². The van der Waals surface area contributed by atoms with E-state index in [1.165, 1.54) is 37.3 Å². The summed E-state index contributed by atoms with van der Waals surface area (Å²) in [5.41, 5.74) is 1.02. The Labute approximate surface area is 139 Å². The van der Waals surface area contributed by atoms with Crippen molar-refractivity contribution in [3.05, 3.63) is 58.1 Å². The van der Waals surface area contributed by atoms with Gasteiger partial charge in [0, 0.05) is 22.7 Å². The van der Waals surface area contributed by atoms with Gasteiger partial charge in [0.05, 0.1) is 10.6 Å². The Kier molecular flexibility index (Phi) is 5.11. The normalized spacial score (nSPS) is 11.2. The van der Waals surface area contributed by atoms with Crippen LogP contribution in [0.2, 0.25) is 10.0 Å². The molecule has 116 valence electrons. The summed E-state index contributed by atoms with van der Waals surface area (Å²) >= 11 is 11.8. The van der Waals surface area contributed by atoms with Crippen molar-refractivity contribution in [2.45, 2.75) is 17.6 Å². The summed E-state index contributed by atoms with van der Waals surface area (Å²) in [4.78, 5) is 11.1. The van der Waals surface area contributed by atoms with Crippen LogP contribution in [0.3, 0.4) is 0 Å². The van der Waals surface area contributed by atoms with Crippen LogP contribution in [-0.2, 0) is 20.4 Å². The van der Waals surface area contributed by atoms with Gasteiger partial charge in [-0.3, -0.25) is 4.79 Å². The maximum Gasteiger partial charge on any atom is 0.221 e. The van der Waals surface area contributed by atoms with Gasteiger partial charge in [-0.1, -0.05) is 29.3 Å². The standard InChI is InChI=1S/C15H13Cl2NO3S/c1-10(19)18-13-4-6-14(7-5-13)22(20,21)9-11-2-3-12(16)8-15(11)17/h2-8H,9H2,1H3,(H,18,19). The maximum atomic E-state index is 12.4. The molecule has 0 fully saturated rings. The fourth-order valence-electron chi connectivity index (χ4n) is 1.88. The molecular weight excluding hydrogens is 345 g/mol. The smallest absolute Gasteiger partial charge is 0.221 e. The summed E-state index contributed by atoms with van der Waals surface area (Å²) < 4.78 is 24.8. The zero-order valence-corrected chi connectivity index (χ0v) is 14.0. The summed E-state index contributed by atoms with van der Waals surface area (Å²) in [5, 5.41) is 3.34. The first-order valence-electron chi connectivity index (χ1n) is 6.32. The van der Waals surface area contributed by atoms with Gasteiger partial charge in [0.1, 0.15) is 0 Å². The predicted molar refractivity (Wildman–Crippen MR) is 88.1 cm³/mol. The van der Waals surface area contributed by atoms with Crippen molar-refractivity contribution in [1.29, 1.82) is 0 Å². The van der Waals surface area contributed by atoms with Crippen molar-refractivity contribution in [1.82, 2.24) is 0 Å². The number of hydrogen-bond acceptors (Lipinski definition) is 3. The summed E-state index contributed by atoms with van der Waals surface area (Å²) in [7, 11) is -3.53. The molecular formula is C15H13Cl2NO3S. The van der Waals surface area contributed by atoms with Crippen molar-refractivity contribution < 1.29 is 13.2 Å². The van der Waals surface area contributed by atoms with Crippen molar-refractivity contribution in [2.75, 3.05) is 5.32 Å². The van der Waals surface area contributed by atoms with E-state index in [1.54, 1.807) is 12.1 Å². The average Bonchev–Trinajstić information content (AvgIpc) is 2.42. The second-order valence-corrected chi connectivity index (χ2v) is 7.53. The number of carbonyl (C=O) groups excluding carboxylic acids is 1. The highest BCUT2D eigenvalue weighted by molar-refractivity contribution is 7.90. The first-order valence-corrected chi connectivity index (χ1v) is 8.73. The van der Waals surface area contributed by atoms with Gasteiger partial charge in [-0.05, 0) is 42.0 Å². The zero-order chi connectivity index (χ0) is 16.3. The molecule has 1 amide bonds. The molecule has 0 aliphatic heterocycles.